The Bertz CT molecular complexity index is 3730. The molecule has 4 heterocycles. The molecule has 1 saturated carbocycles. The summed E-state index contributed by atoms with van der Waals surface area (Å²) in [6.07, 6.45) is 4.73. The normalized spacial score (nSPS) is 19.2. The Kier molecular flexibility index (Phi) is 10.9. The predicted molar refractivity (Wildman–Crippen MR) is 334 cm³/mol. The molecule has 77 heavy (non-hydrogen) atoms. The fraction of sp³-hybridized carbons (Fsp3) is 0.333. The van der Waals surface area contributed by atoms with Crippen molar-refractivity contribution in [2.75, 3.05) is 14.7 Å². The molecule has 8 aromatic carbocycles. The van der Waals surface area contributed by atoms with Gasteiger partial charge in [0.05, 0.1) is 11.2 Å². The summed E-state index contributed by atoms with van der Waals surface area (Å²) in [6.45, 7) is 33.5. The van der Waals surface area contributed by atoms with E-state index >= 15 is 0 Å². The quantitative estimate of drug-likeness (QED) is 0.163. The summed E-state index contributed by atoms with van der Waals surface area (Å²) < 4.78 is 0. The molecule has 5 heteroatoms. The van der Waals surface area contributed by atoms with Crippen molar-refractivity contribution >= 4 is 86.8 Å². The second kappa shape index (κ2) is 16.9. The zero-order valence-corrected chi connectivity index (χ0v) is 48.3. The van der Waals surface area contributed by atoms with Crippen LogP contribution in [0.2, 0.25) is 0 Å². The van der Waals surface area contributed by atoms with Crippen molar-refractivity contribution in [3.8, 4) is 22.3 Å². The minimum atomic E-state index is -0.171. The Hall–Kier alpha value is -6.71. The molecule has 4 aliphatic heterocycles. The summed E-state index contributed by atoms with van der Waals surface area (Å²) in [5.41, 5.74) is 28.2. The summed E-state index contributed by atoms with van der Waals surface area (Å²) in [7, 11) is 2.42. The second-order valence-electron chi connectivity index (χ2n) is 28.0. The first-order chi connectivity index (χ1) is 36.4. The van der Waals surface area contributed by atoms with E-state index < -0.39 is 0 Å². The van der Waals surface area contributed by atoms with Crippen LogP contribution in [0.4, 0.5) is 45.5 Å². The lowest BCUT2D eigenvalue weighted by Gasteiger charge is -2.51. The van der Waals surface area contributed by atoms with Gasteiger partial charge in [-0.1, -0.05) is 217 Å². The maximum Gasteiger partial charge on any atom is 0.252 e. The van der Waals surface area contributed by atoms with Crippen molar-refractivity contribution in [3.05, 3.63) is 186 Å². The van der Waals surface area contributed by atoms with Gasteiger partial charge in [0.2, 0.25) is 0 Å². The zero-order valence-electron chi connectivity index (χ0n) is 48.3. The first-order valence-electron chi connectivity index (χ1n) is 28.7. The van der Waals surface area contributed by atoms with Crippen molar-refractivity contribution in [2.24, 2.45) is 0 Å². The number of hydrogen-bond acceptors (Lipinski definition) is 3. The second-order valence-corrected chi connectivity index (χ2v) is 28.0. The Morgan fingerprint density at radius 1 is 0.416 bits per heavy atom. The highest BCUT2D eigenvalue weighted by atomic mass is 15.3. The standard InChI is InChI=1S/C72H76B2N3/c1-67(2,3)46-25-22-26-50(37-46)75-62-40-49(70(10,11)12)29-32-58(62)74-59-43-54-52-27-18-19-28-56(52)73-57(54)44-63(59)76(60-33-30-47(68(4,5)6)38-53(60)45-23-16-15-17-24-45)65-42-51(41-64(75)66(65)74)77-61-34-31-48(69(7,8)9)39-55(61)71(13)35-20-21-36-72(71,77)14/h15-19,22-34,37-44H,20-21,35-36H2,1-14H3. The molecule has 385 valence electrons. The van der Waals surface area contributed by atoms with Gasteiger partial charge in [-0.15, -0.1) is 0 Å². The van der Waals surface area contributed by atoms with Crippen LogP contribution in [0.5, 0.6) is 0 Å². The first kappa shape index (κ1) is 49.8. The maximum absolute atomic E-state index is 2.84. The number of rotatable bonds is 4. The summed E-state index contributed by atoms with van der Waals surface area (Å²) in [4.78, 5) is 8.23. The first-order valence-corrected chi connectivity index (χ1v) is 28.7. The van der Waals surface area contributed by atoms with Crippen LogP contribution in [-0.4, -0.2) is 19.5 Å². The molecule has 0 bridgehead atoms. The van der Waals surface area contributed by atoms with Gasteiger partial charge in [-0.3, -0.25) is 0 Å². The third kappa shape index (κ3) is 7.59. The predicted octanol–water partition coefficient (Wildman–Crippen LogP) is 16.0. The van der Waals surface area contributed by atoms with Crippen LogP contribution in [0.3, 0.4) is 0 Å². The van der Waals surface area contributed by atoms with Crippen LogP contribution in [0, 0.1) is 0 Å². The molecule has 2 unspecified atom stereocenters. The Labute approximate surface area is 462 Å². The largest absolute Gasteiger partial charge is 0.334 e. The van der Waals surface area contributed by atoms with E-state index in [1.165, 1.54) is 142 Å². The SMILES string of the molecule is CC(C)(C)c1cccc(N2c3cc(C(C)(C)C)ccc3B3c4cc5c(cc4N(c4ccc(C(C)(C)C)cc4-c4ccccc4)c4cc(N6c7ccc(C(C)(C)C)cc7C7(C)CCCCC67C)cc2c43)[B]c2ccccc2-5)c1. The fourth-order valence-electron chi connectivity index (χ4n) is 14.3. The minimum Gasteiger partial charge on any atom is -0.334 e. The van der Waals surface area contributed by atoms with Crippen molar-refractivity contribution in [1.82, 2.24) is 0 Å². The summed E-state index contributed by atoms with van der Waals surface area (Å²) in [6, 6.07) is 62.4. The van der Waals surface area contributed by atoms with Crippen molar-refractivity contribution in [1.29, 1.82) is 0 Å². The molecule has 1 radical (unpaired) electrons. The van der Waals surface area contributed by atoms with E-state index in [-0.39, 0.29) is 39.3 Å². The maximum atomic E-state index is 2.84. The van der Waals surface area contributed by atoms with E-state index in [0.29, 0.717) is 0 Å². The molecule has 8 aromatic rings. The van der Waals surface area contributed by atoms with Crippen LogP contribution in [0.1, 0.15) is 150 Å². The molecular formula is C72H76B2N3. The lowest BCUT2D eigenvalue weighted by Crippen LogP contribution is -2.62. The number of hydrogen-bond donors (Lipinski definition) is 0. The molecule has 5 aliphatic rings. The van der Waals surface area contributed by atoms with Gasteiger partial charge in [0.1, 0.15) is 0 Å². The molecule has 0 amide bonds. The molecule has 1 fully saturated rings. The van der Waals surface area contributed by atoms with Gasteiger partial charge in [-0.05, 0) is 157 Å². The summed E-state index contributed by atoms with van der Waals surface area (Å²) >= 11 is 0. The lowest BCUT2D eigenvalue weighted by atomic mass is 9.33. The van der Waals surface area contributed by atoms with E-state index in [1.807, 2.05) is 0 Å². The van der Waals surface area contributed by atoms with Crippen LogP contribution < -0.4 is 42.0 Å². The van der Waals surface area contributed by atoms with E-state index in [1.54, 1.807) is 0 Å². The molecule has 2 atom stereocenters. The minimum absolute atomic E-state index is 0.0299. The Balaban J connectivity index is 1.19. The van der Waals surface area contributed by atoms with Crippen molar-refractivity contribution < 1.29 is 0 Å². The topological polar surface area (TPSA) is 9.72 Å². The fourth-order valence-corrected chi connectivity index (χ4v) is 14.3. The average Bonchev–Trinajstić information content (AvgIpc) is 4.06. The van der Waals surface area contributed by atoms with E-state index in [0.717, 1.165) is 6.42 Å². The number of benzene rings is 8. The number of anilines is 8. The molecule has 0 saturated heterocycles. The van der Waals surface area contributed by atoms with Gasteiger partial charge in [0, 0.05) is 50.8 Å². The monoisotopic (exact) mass is 1000 g/mol. The Morgan fingerprint density at radius 2 is 1.01 bits per heavy atom. The molecule has 1 aliphatic carbocycles. The van der Waals surface area contributed by atoms with E-state index in [4.69, 9.17) is 0 Å². The molecule has 3 nitrogen and oxygen atoms in total. The van der Waals surface area contributed by atoms with Crippen molar-refractivity contribution in [2.45, 2.75) is 155 Å². The third-order valence-electron chi connectivity index (χ3n) is 19.0. The van der Waals surface area contributed by atoms with Crippen LogP contribution in [0.25, 0.3) is 22.3 Å². The highest BCUT2D eigenvalue weighted by Crippen LogP contribution is 2.62. The van der Waals surface area contributed by atoms with Crippen LogP contribution in [-0.2, 0) is 27.1 Å². The van der Waals surface area contributed by atoms with Gasteiger partial charge in [0.15, 0.2) is 7.28 Å². The molecule has 0 N–H and O–H groups in total. The van der Waals surface area contributed by atoms with E-state index in [9.17, 15) is 0 Å². The smallest absolute Gasteiger partial charge is 0.252 e. The summed E-state index contributed by atoms with van der Waals surface area (Å²) in [5.74, 6) is 0. The molecule has 13 rings (SSSR count). The molecular weight excluding hydrogens is 928 g/mol. The van der Waals surface area contributed by atoms with Gasteiger partial charge < -0.3 is 14.7 Å². The van der Waals surface area contributed by atoms with Gasteiger partial charge in [0.25, 0.3) is 6.71 Å². The number of nitrogens with zero attached hydrogens (tertiary/aromatic N) is 3. The lowest BCUT2D eigenvalue weighted by molar-refractivity contribution is 0.195. The van der Waals surface area contributed by atoms with Crippen molar-refractivity contribution in [3.63, 3.8) is 0 Å². The molecule has 0 spiro atoms. The van der Waals surface area contributed by atoms with Gasteiger partial charge in [-0.25, -0.2) is 0 Å². The zero-order chi connectivity index (χ0) is 53.9. The third-order valence-corrected chi connectivity index (χ3v) is 19.0. The number of fused-ring (bicyclic) bond motifs is 10. The van der Waals surface area contributed by atoms with Crippen LogP contribution >= 0.6 is 0 Å². The highest BCUT2D eigenvalue weighted by Gasteiger charge is 2.58. The highest BCUT2D eigenvalue weighted by molar-refractivity contribution is 7.00. The van der Waals surface area contributed by atoms with Crippen LogP contribution in [0.15, 0.2) is 158 Å². The molecule has 0 aromatic heterocycles. The van der Waals surface area contributed by atoms with E-state index in [2.05, 4.69) is 277 Å². The van der Waals surface area contributed by atoms with Gasteiger partial charge in [-0.2, -0.15) is 0 Å². The van der Waals surface area contributed by atoms with Gasteiger partial charge >= 0.3 is 0 Å². The average molecular weight is 1010 g/mol. The Morgan fingerprint density at radius 3 is 1.73 bits per heavy atom. The summed E-state index contributed by atoms with van der Waals surface area (Å²) in [5, 5.41) is 0.